The first-order valence-corrected chi connectivity index (χ1v) is 5.79. The highest BCUT2D eigenvalue weighted by atomic mass is 19.1. The van der Waals surface area contributed by atoms with Gasteiger partial charge in [0.05, 0.1) is 6.10 Å². The van der Waals surface area contributed by atoms with Crippen LogP contribution in [-0.2, 0) is 6.42 Å². The van der Waals surface area contributed by atoms with Crippen LogP contribution >= 0.6 is 0 Å². The van der Waals surface area contributed by atoms with Gasteiger partial charge in [0.2, 0.25) is 0 Å². The Morgan fingerprint density at radius 1 is 1.31 bits per heavy atom. The molecule has 0 aliphatic heterocycles. The number of aryl methyl sites for hydroxylation is 1. The second-order valence-corrected chi connectivity index (χ2v) is 4.53. The molecule has 88 valence electrons. The second kappa shape index (κ2) is 4.91. The Labute approximate surface area is 94.1 Å². The molecular formula is C13H16F2O. The van der Waals surface area contributed by atoms with Gasteiger partial charge < -0.3 is 5.11 Å². The molecule has 1 aromatic carbocycles. The summed E-state index contributed by atoms with van der Waals surface area (Å²) in [5, 5.41) is 9.63. The number of rotatable bonds is 5. The van der Waals surface area contributed by atoms with Crippen LogP contribution in [0, 0.1) is 17.6 Å². The quantitative estimate of drug-likeness (QED) is 0.818. The van der Waals surface area contributed by atoms with Gasteiger partial charge in [-0.15, -0.1) is 0 Å². The summed E-state index contributed by atoms with van der Waals surface area (Å²) < 4.78 is 25.9. The summed E-state index contributed by atoms with van der Waals surface area (Å²) in [6, 6.07) is 3.66. The minimum Gasteiger partial charge on any atom is -0.393 e. The monoisotopic (exact) mass is 226 g/mol. The van der Waals surface area contributed by atoms with Gasteiger partial charge in [-0.05, 0) is 49.7 Å². The van der Waals surface area contributed by atoms with Crippen molar-refractivity contribution >= 4 is 0 Å². The van der Waals surface area contributed by atoms with Crippen LogP contribution in [0.5, 0.6) is 0 Å². The van der Waals surface area contributed by atoms with E-state index in [2.05, 4.69) is 0 Å². The smallest absolute Gasteiger partial charge is 0.129 e. The zero-order valence-electron chi connectivity index (χ0n) is 9.13. The van der Waals surface area contributed by atoms with Crippen molar-refractivity contribution < 1.29 is 13.9 Å². The highest BCUT2D eigenvalue weighted by Crippen LogP contribution is 2.34. The van der Waals surface area contributed by atoms with E-state index in [1.165, 1.54) is 12.1 Å². The average molecular weight is 226 g/mol. The van der Waals surface area contributed by atoms with Crippen LogP contribution in [-0.4, -0.2) is 11.2 Å². The highest BCUT2D eigenvalue weighted by Gasteiger charge is 2.28. The van der Waals surface area contributed by atoms with Gasteiger partial charge in [-0.2, -0.15) is 0 Å². The lowest BCUT2D eigenvalue weighted by molar-refractivity contribution is 0.139. The fourth-order valence-corrected chi connectivity index (χ4v) is 1.94. The Bertz CT molecular complexity index is 361. The van der Waals surface area contributed by atoms with E-state index in [0.29, 0.717) is 24.3 Å². The summed E-state index contributed by atoms with van der Waals surface area (Å²) >= 11 is 0. The number of hydrogen-bond donors (Lipinski definition) is 1. The molecule has 1 N–H and O–H groups in total. The van der Waals surface area contributed by atoms with Crippen molar-refractivity contribution in [1.29, 1.82) is 0 Å². The average Bonchev–Trinajstić information content (AvgIpc) is 3.04. The first-order valence-electron chi connectivity index (χ1n) is 5.79. The Kier molecular flexibility index (Phi) is 3.54. The third-order valence-electron chi connectivity index (χ3n) is 3.13. The highest BCUT2D eigenvalue weighted by molar-refractivity contribution is 5.18. The van der Waals surface area contributed by atoms with Crippen LogP contribution in [0.2, 0.25) is 0 Å². The minimum absolute atomic E-state index is 0.233. The van der Waals surface area contributed by atoms with Crippen LogP contribution in [0.25, 0.3) is 0 Å². The molecule has 1 saturated carbocycles. The van der Waals surface area contributed by atoms with E-state index in [1.54, 1.807) is 0 Å². The lowest BCUT2D eigenvalue weighted by Crippen LogP contribution is -2.09. The van der Waals surface area contributed by atoms with Gasteiger partial charge in [0.15, 0.2) is 0 Å². The van der Waals surface area contributed by atoms with Gasteiger partial charge in [0.1, 0.15) is 11.6 Å². The summed E-state index contributed by atoms with van der Waals surface area (Å²) in [6.45, 7) is 0. The molecule has 1 unspecified atom stereocenters. The third-order valence-corrected chi connectivity index (χ3v) is 3.13. The molecule has 0 amide bonds. The normalized spacial score (nSPS) is 17.4. The maximum absolute atomic E-state index is 13.2. The lowest BCUT2D eigenvalue weighted by atomic mass is 10.0. The molecule has 16 heavy (non-hydrogen) atoms. The Hall–Kier alpha value is -0.960. The second-order valence-electron chi connectivity index (χ2n) is 4.53. The van der Waals surface area contributed by atoms with Crippen LogP contribution in [0.3, 0.4) is 0 Å². The van der Waals surface area contributed by atoms with Gasteiger partial charge in [-0.3, -0.25) is 0 Å². The van der Waals surface area contributed by atoms with E-state index in [1.807, 2.05) is 0 Å². The molecule has 0 radical (unpaired) electrons. The molecule has 0 heterocycles. The molecule has 0 bridgehead atoms. The van der Waals surface area contributed by atoms with E-state index in [4.69, 9.17) is 0 Å². The Morgan fingerprint density at radius 2 is 2.06 bits per heavy atom. The molecule has 2 rings (SSSR count). The van der Waals surface area contributed by atoms with Crippen molar-refractivity contribution in [3.05, 3.63) is 35.4 Å². The Balaban J connectivity index is 1.80. The van der Waals surface area contributed by atoms with Crippen molar-refractivity contribution in [2.45, 2.75) is 38.2 Å². The zero-order valence-corrected chi connectivity index (χ0v) is 9.13. The van der Waals surface area contributed by atoms with E-state index in [-0.39, 0.29) is 6.10 Å². The molecular weight excluding hydrogens is 210 g/mol. The van der Waals surface area contributed by atoms with Gasteiger partial charge in [-0.25, -0.2) is 8.78 Å². The molecule has 1 aromatic rings. The van der Waals surface area contributed by atoms with E-state index >= 15 is 0 Å². The first kappa shape index (κ1) is 11.5. The molecule has 1 atom stereocenters. The van der Waals surface area contributed by atoms with E-state index < -0.39 is 11.6 Å². The van der Waals surface area contributed by atoms with Crippen molar-refractivity contribution in [2.75, 3.05) is 0 Å². The first-order chi connectivity index (χ1) is 7.66. The molecule has 1 nitrogen and oxygen atoms in total. The summed E-state index contributed by atoms with van der Waals surface area (Å²) in [5.41, 5.74) is 0.532. The number of hydrogen-bond acceptors (Lipinski definition) is 1. The van der Waals surface area contributed by atoms with Crippen LogP contribution in [0.1, 0.15) is 31.2 Å². The number of aliphatic hydroxyl groups is 1. The predicted octanol–water partition coefficient (Wildman–Crippen LogP) is 3.06. The van der Waals surface area contributed by atoms with E-state index in [9.17, 15) is 13.9 Å². The van der Waals surface area contributed by atoms with Crippen molar-refractivity contribution in [3.63, 3.8) is 0 Å². The Morgan fingerprint density at radius 3 is 2.69 bits per heavy atom. The fraction of sp³-hybridized carbons (Fsp3) is 0.538. The molecule has 1 aliphatic rings. The van der Waals surface area contributed by atoms with Gasteiger partial charge in [0, 0.05) is 6.07 Å². The van der Waals surface area contributed by atoms with Crippen molar-refractivity contribution in [1.82, 2.24) is 0 Å². The fourth-order valence-electron chi connectivity index (χ4n) is 1.94. The molecule has 0 spiro atoms. The molecule has 1 aliphatic carbocycles. The molecule has 0 aromatic heterocycles. The summed E-state index contributed by atoms with van der Waals surface area (Å²) in [6.07, 6.45) is 4.03. The summed E-state index contributed by atoms with van der Waals surface area (Å²) in [7, 11) is 0. The van der Waals surface area contributed by atoms with Crippen LogP contribution in [0.15, 0.2) is 18.2 Å². The van der Waals surface area contributed by atoms with Gasteiger partial charge >= 0.3 is 0 Å². The van der Waals surface area contributed by atoms with Crippen molar-refractivity contribution in [3.8, 4) is 0 Å². The van der Waals surface area contributed by atoms with Crippen molar-refractivity contribution in [2.24, 2.45) is 5.92 Å². The SMILES string of the molecule is OC(CCCc1ccc(F)cc1F)C1CC1. The maximum atomic E-state index is 13.2. The van der Waals surface area contributed by atoms with E-state index in [0.717, 1.165) is 25.3 Å². The maximum Gasteiger partial charge on any atom is 0.129 e. The topological polar surface area (TPSA) is 20.2 Å². The van der Waals surface area contributed by atoms with Gasteiger partial charge in [0.25, 0.3) is 0 Å². The van der Waals surface area contributed by atoms with Crippen LogP contribution < -0.4 is 0 Å². The third kappa shape index (κ3) is 3.01. The number of aliphatic hydroxyl groups excluding tert-OH is 1. The van der Waals surface area contributed by atoms with Crippen LogP contribution in [0.4, 0.5) is 8.78 Å². The predicted molar refractivity (Wildman–Crippen MR) is 58.0 cm³/mol. The standard InChI is InChI=1S/C13H16F2O/c14-11-7-6-9(12(15)8-11)2-1-3-13(16)10-4-5-10/h6-8,10,13,16H,1-5H2. The largest absolute Gasteiger partial charge is 0.393 e. The summed E-state index contributed by atoms with van der Waals surface area (Å²) in [4.78, 5) is 0. The molecule has 0 saturated heterocycles. The molecule has 3 heteroatoms. The number of benzene rings is 1. The zero-order chi connectivity index (χ0) is 11.5. The minimum atomic E-state index is -0.542. The van der Waals surface area contributed by atoms with Gasteiger partial charge in [-0.1, -0.05) is 6.07 Å². The lowest BCUT2D eigenvalue weighted by Gasteiger charge is -2.08. The number of halogens is 2. The summed E-state index contributed by atoms with van der Waals surface area (Å²) in [5.74, 6) is -0.557. The molecule has 1 fully saturated rings.